The van der Waals surface area contributed by atoms with Crippen molar-refractivity contribution in [3.63, 3.8) is 0 Å². The lowest BCUT2D eigenvalue weighted by molar-refractivity contribution is 0.0927. The van der Waals surface area contributed by atoms with E-state index >= 15 is 0 Å². The summed E-state index contributed by atoms with van der Waals surface area (Å²) in [4.78, 5) is 24.4. The van der Waals surface area contributed by atoms with Crippen molar-refractivity contribution >= 4 is 21.8 Å². The van der Waals surface area contributed by atoms with E-state index < -0.39 is 27.7 Å². The highest BCUT2D eigenvalue weighted by atomic mass is 32.2. The number of rotatable bonds is 8. The molecule has 0 saturated carbocycles. The minimum Gasteiger partial charge on any atom is -0.350 e. The van der Waals surface area contributed by atoms with Crippen molar-refractivity contribution in [3.05, 3.63) is 64.5 Å². The van der Waals surface area contributed by atoms with Crippen molar-refractivity contribution in [2.24, 2.45) is 0 Å². The average molecular weight is 421 g/mol. The topological polar surface area (TPSA) is 104 Å². The largest absolute Gasteiger partial charge is 0.350 e. The lowest BCUT2D eigenvalue weighted by atomic mass is 10.1. The van der Waals surface area contributed by atoms with Crippen LogP contribution in [0.2, 0.25) is 0 Å². The number of nitrogens with one attached hydrogen (secondary N) is 3. The summed E-state index contributed by atoms with van der Waals surface area (Å²) < 4.78 is 40.2. The summed E-state index contributed by atoms with van der Waals surface area (Å²) in [6.45, 7) is 5.47. The van der Waals surface area contributed by atoms with Crippen molar-refractivity contribution in [1.82, 2.24) is 15.4 Å². The Morgan fingerprint density at radius 2 is 1.55 bits per heavy atom. The molecule has 0 aliphatic rings. The van der Waals surface area contributed by atoms with Gasteiger partial charge in [-0.25, -0.2) is 17.5 Å². The molecule has 29 heavy (non-hydrogen) atoms. The zero-order valence-corrected chi connectivity index (χ0v) is 17.3. The van der Waals surface area contributed by atoms with E-state index in [2.05, 4.69) is 15.4 Å². The zero-order chi connectivity index (χ0) is 21.6. The standard InChI is InChI=1S/C20H24FN3O4S/c1-4-24-29(27,28)16-8-6-13(2)17(12-16)20(26)23-10-9-22-19(25)15-7-5-14(3)18(21)11-15/h5-8,11-12,24H,4,9-10H2,1-3H3,(H,22,25)(H,23,26). The molecule has 0 fully saturated rings. The second-order valence-corrected chi connectivity index (χ2v) is 8.22. The van der Waals surface area contributed by atoms with Crippen molar-refractivity contribution in [2.75, 3.05) is 19.6 Å². The first-order valence-electron chi connectivity index (χ1n) is 9.08. The summed E-state index contributed by atoms with van der Waals surface area (Å²) in [5.41, 5.74) is 1.49. The van der Waals surface area contributed by atoms with Gasteiger partial charge in [-0.1, -0.05) is 19.1 Å². The summed E-state index contributed by atoms with van der Waals surface area (Å²) in [6.07, 6.45) is 0. The highest BCUT2D eigenvalue weighted by Crippen LogP contribution is 2.15. The fourth-order valence-electron chi connectivity index (χ4n) is 2.57. The Bertz CT molecular complexity index is 1020. The maximum atomic E-state index is 13.5. The van der Waals surface area contributed by atoms with E-state index in [9.17, 15) is 22.4 Å². The lowest BCUT2D eigenvalue weighted by Crippen LogP contribution is -2.35. The van der Waals surface area contributed by atoms with E-state index in [4.69, 9.17) is 0 Å². The van der Waals surface area contributed by atoms with Crippen molar-refractivity contribution in [3.8, 4) is 0 Å². The number of carbonyl (C=O) groups excluding carboxylic acids is 2. The molecule has 7 nitrogen and oxygen atoms in total. The molecular weight excluding hydrogens is 397 g/mol. The number of aryl methyl sites for hydroxylation is 2. The molecule has 0 bridgehead atoms. The predicted molar refractivity (Wildman–Crippen MR) is 108 cm³/mol. The third kappa shape index (κ3) is 5.85. The smallest absolute Gasteiger partial charge is 0.251 e. The normalized spacial score (nSPS) is 11.2. The Kier molecular flexibility index (Phi) is 7.46. The molecule has 0 heterocycles. The van der Waals surface area contributed by atoms with Gasteiger partial charge in [0.25, 0.3) is 11.8 Å². The summed E-state index contributed by atoms with van der Waals surface area (Å²) in [7, 11) is -3.67. The molecule has 2 aromatic rings. The van der Waals surface area contributed by atoms with Crippen LogP contribution in [0.25, 0.3) is 0 Å². The van der Waals surface area contributed by atoms with Gasteiger partial charge >= 0.3 is 0 Å². The first-order chi connectivity index (χ1) is 13.7. The Morgan fingerprint density at radius 1 is 0.931 bits per heavy atom. The highest BCUT2D eigenvalue weighted by molar-refractivity contribution is 7.89. The van der Waals surface area contributed by atoms with Gasteiger partial charge in [0.1, 0.15) is 5.82 Å². The highest BCUT2D eigenvalue weighted by Gasteiger charge is 2.17. The quantitative estimate of drug-likeness (QED) is 0.566. The van der Waals surface area contributed by atoms with Gasteiger partial charge in [-0.05, 0) is 49.2 Å². The molecular formula is C20H24FN3O4S. The molecule has 2 rings (SSSR count). The molecule has 156 valence electrons. The van der Waals surface area contributed by atoms with Crippen LogP contribution in [0, 0.1) is 19.7 Å². The summed E-state index contributed by atoms with van der Waals surface area (Å²) in [5.74, 6) is -1.37. The Morgan fingerprint density at radius 3 is 2.17 bits per heavy atom. The van der Waals surface area contributed by atoms with Gasteiger partial charge in [-0.2, -0.15) is 0 Å². The van der Waals surface area contributed by atoms with Gasteiger partial charge in [0.15, 0.2) is 0 Å². The molecule has 0 aliphatic carbocycles. The molecule has 2 aromatic carbocycles. The van der Waals surface area contributed by atoms with E-state index in [-0.39, 0.29) is 35.7 Å². The van der Waals surface area contributed by atoms with Crippen LogP contribution in [0.3, 0.4) is 0 Å². The Labute approximate surface area is 169 Å². The molecule has 0 aromatic heterocycles. The number of carbonyl (C=O) groups is 2. The number of hydrogen-bond acceptors (Lipinski definition) is 4. The fourth-order valence-corrected chi connectivity index (χ4v) is 3.64. The van der Waals surface area contributed by atoms with Crippen LogP contribution in [0.15, 0.2) is 41.3 Å². The molecule has 9 heteroatoms. The summed E-state index contributed by atoms with van der Waals surface area (Å²) in [5, 5.41) is 5.23. The number of benzene rings is 2. The Balaban J connectivity index is 1.95. The molecule has 0 aliphatic heterocycles. The fraction of sp³-hybridized carbons (Fsp3) is 0.300. The van der Waals surface area contributed by atoms with Crippen LogP contribution in [0.1, 0.15) is 38.8 Å². The van der Waals surface area contributed by atoms with Crippen LogP contribution < -0.4 is 15.4 Å². The second-order valence-electron chi connectivity index (χ2n) is 6.45. The van der Waals surface area contributed by atoms with Gasteiger partial charge < -0.3 is 10.6 Å². The van der Waals surface area contributed by atoms with Crippen LogP contribution >= 0.6 is 0 Å². The Hall–Kier alpha value is -2.78. The van der Waals surface area contributed by atoms with E-state index in [0.29, 0.717) is 11.1 Å². The van der Waals surface area contributed by atoms with Gasteiger partial charge in [0, 0.05) is 30.8 Å². The van der Waals surface area contributed by atoms with Crippen molar-refractivity contribution in [1.29, 1.82) is 0 Å². The van der Waals surface area contributed by atoms with Gasteiger partial charge in [-0.3, -0.25) is 9.59 Å². The maximum Gasteiger partial charge on any atom is 0.251 e. The molecule has 0 unspecified atom stereocenters. The van der Waals surface area contributed by atoms with Crippen LogP contribution in [-0.2, 0) is 10.0 Å². The van der Waals surface area contributed by atoms with E-state index in [0.717, 1.165) is 6.07 Å². The monoisotopic (exact) mass is 421 g/mol. The van der Waals surface area contributed by atoms with Crippen LogP contribution in [-0.4, -0.2) is 39.9 Å². The van der Waals surface area contributed by atoms with E-state index in [1.165, 1.54) is 24.3 Å². The molecule has 0 atom stereocenters. The lowest BCUT2D eigenvalue weighted by Gasteiger charge is -2.11. The van der Waals surface area contributed by atoms with Gasteiger partial charge in [-0.15, -0.1) is 0 Å². The molecule has 2 amide bonds. The number of halogens is 1. The number of amides is 2. The van der Waals surface area contributed by atoms with Gasteiger partial charge in [0.05, 0.1) is 4.90 Å². The van der Waals surface area contributed by atoms with Crippen LogP contribution in [0.5, 0.6) is 0 Å². The summed E-state index contributed by atoms with van der Waals surface area (Å²) in [6, 6.07) is 8.51. The van der Waals surface area contributed by atoms with E-state index in [1.807, 2.05) is 0 Å². The summed E-state index contributed by atoms with van der Waals surface area (Å²) >= 11 is 0. The predicted octanol–water partition coefficient (Wildman–Crippen LogP) is 1.90. The molecule has 3 N–H and O–H groups in total. The SMILES string of the molecule is CCNS(=O)(=O)c1ccc(C)c(C(=O)NCCNC(=O)c2ccc(C)c(F)c2)c1. The van der Waals surface area contributed by atoms with Gasteiger partial charge in [0.2, 0.25) is 10.0 Å². The third-order valence-electron chi connectivity index (χ3n) is 4.23. The first-order valence-corrected chi connectivity index (χ1v) is 10.6. The zero-order valence-electron chi connectivity index (χ0n) is 16.5. The third-order valence-corrected chi connectivity index (χ3v) is 5.77. The molecule has 0 radical (unpaired) electrons. The molecule has 0 saturated heterocycles. The minimum absolute atomic E-state index is 0.00444. The molecule has 0 spiro atoms. The van der Waals surface area contributed by atoms with Crippen molar-refractivity contribution < 1.29 is 22.4 Å². The van der Waals surface area contributed by atoms with Crippen molar-refractivity contribution in [2.45, 2.75) is 25.7 Å². The minimum atomic E-state index is -3.67. The number of sulfonamides is 1. The number of hydrogen-bond donors (Lipinski definition) is 3. The maximum absolute atomic E-state index is 13.5. The average Bonchev–Trinajstić information content (AvgIpc) is 2.67. The first kappa shape index (κ1) is 22.5. The second kappa shape index (κ2) is 9.62. The van der Waals surface area contributed by atoms with Crippen LogP contribution in [0.4, 0.5) is 4.39 Å². The van der Waals surface area contributed by atoms with E-state index in [1.54, 1.807) is 26.8 Å².